The van der Waals surface area contributed by atoms with Crippen molar-refractivity contribution in [2.45, 2.75) is 46.1 Å². The molecular weight excluding hydrogens is 340 g/mol. The first-order chi connectivity index (χ1) is 12.0. The standard InChI is InChI=1S/C19H29ClN2O3/c1-4-9-25-18-16(20)10-15(11-17(18)24-5-2)19(23)22-8-6-7-14(12-22)13(3)21/h10-11,13-14H,4-9,12,21H2,1-3H3. The molecular formula is C19H29ClN2O3. The number of likely N-dealkylation sites (tertiary alicyclic amines) is 1. The number of halogens is 1. The summed E-state index contributed by atoms with van der Waals surface area (Å²) in [6.07, 6.45) is 2.91. The van der Waals surface area contributed by atoms with Crippen molar-refractivity contribution in [3.8, 4) is 11.5 Å². The second kappa shape index (κ2) is 9.30. The molecule has 2 rings (SSSR count). The molecule has 2 N–H and O–H groups in total. The quantitative estimate of drug-likeness (QED) is 0.796. The maximum atomic E-state index is 12.9. The largest absolute Gasteiger partial charge is 0.490 e. The summed E-state index contributed by atoms with van der Waals surface area (Å²) in [5.41, 5.74) is 6.56. The summed E-state index contributed by atoms with van der Waals surface area (Å²) < 4.78 is 11.4. The normalized spacial score (nSPS) is 18.8. The van der Waals surface area contributed by atoms with Crippen LogP contribution in [0.4, 0.5) is 0 Å². The van der Waals surface area contributed by atoms with Crippen molar-refractivity contribution in [3.05, 3.63) is 22.7 Å². The lowest BCUT2D eigenvalue weighted by Crippen LogP contribution is -2.45. The van der Waals surface area contributed by atoms with Gasteiger partial charge in [-0.3, -0.25) is 4.79 Å². The molecule has 0 bridgehead atoms. The molecule has 2 atom stereocenters. The third-order valence-electron chi connectivity index (χ3n) is 4.50. The molecule has 1 amide bonds. The fraction of sp³-hybridized carbons (Fsp3) is 0.632. The van der Waals surface area contributed by atoms with Gasteiger partial charge in [0.15, 0.2) is 11.5 Å². The molecule has 6 heteroatoms. The van der Waals surface area contributed by atoms with Crippen LogP contribution in [-0.2, 0) is 0 Å². The van der Waals surface area contributed by atoms with Crippen LogP contribution in [-0.4, -0.2) is 43.2 Å². The van der Waals surface area contributed by atoms with Gasteiger partial charge in [-0.05, 0) is 51.2 Å². The van der Waals surface area contributed by atoms with Gasteiger partial charge in [0.25, 0.3) is 5.91 Å². The van der Waals surface area contributed by atoms with Crippen LogP contribution >= 0.6 is 11.6 Å². The number of carbonyl (C=O) groups is 1. The molecule has 5 nitrogen and oxygen atoms in total. The van der Waals surface area contributed by atoms with Gasteiger partial charge < -0.3 is 20.1 Å². The van der Waals surface area contributed by atoms with E-state index in [9.17, 15) is 4.79 Å². The first kappa shape index (κ1) is 19.9. The van der Waals surface area contributed by atoms with E-state index in [2.05, 4.69) is 0 Å². The molecule has 1 aromatic carbocycles. The predicted octanol–water partition coefficient (Wildman–Crippen LogP) is 3.73. The maximum absolute atomic E-state index is 12.9. The Morgan fingerprint density at radius 2 is 2.16 bits per heavy atom. The first-order valence-corrected chi connectivity index (χ1v) is 9.49. The number of amides is 1. The van der Waals surface area contributed by atoms with Gasteiger partial charge in [0.1, 0.15) is 0 Å². The number of nitrogens with two attached hydrogens (primary N) is 1. The highest BCUT2D eigenvalue weighted by molar-refractivity contribution is 6.32. The molecule has 0 aromatic heterocycles. The van der Waals surface area contributed by atoms with Crippen LogP contribution in [0.3, 0.4) is 0 Å². The second-order valence-electron chi connectivity index (χ2n) is 6.58. The number of carbonyl (C=O) groups excluding carboxylic acids is 1. The van der Waals surface area contributed by atoms with E-state index in [-0.39, 0.29) is 11.9 Å². The molecule has 1 fully saturated rings. The van der Waals surface area contributed by atoms with Crippen molar-refractivity contribution in [2.75, 3.05) is 26.3 Å². The molecule has 1 saturated heterocycles. The number of hydrogen-bond acceptors (Lipinski definition) is 4. The molecule has 0 radical (unpaired) electrons. The molecule has 2 unspecified atom stereocenters. The summed E-state index contributed by atoms with van der Waals surface area (Å²) in [6.45, 7) is 8.38. The lowest BCUT2D eigenvalue weighted by atomic mass is 9.92. The average molecular weight is 369 g/mol. The smallest absolute Gasteiger partial charge is 0.254 e. The summed E-state index contributed by atoms with van der Waals surface area (Å²) >= 11 is 6.37. The van der Waals surface area contributed by atoms with Gasteiger partial charge >= 0.3 is 0 Å². The molecule has 1 aliphatic heterocycles. The van der Waals surface area contributed by atoms with Gasteiger partial charge in [-0.15, -0.1) is 0 Å². The predicted molar refractivity (Wildman–Crippen MR) is 101 cm³/mol. The summed E-state index contributed by atoms with van der Waals surface area (Å²) in [5, 5.41) is 0.406. The Morgan fingerprint density at radius 1 is 1.40 bits per heavy atom. The zero-order valence-corrected chi connectivity index (χ0v) is 16.1. The average Bonchev–Trinajstić information content (AvgIpc) is 2.60. The van der Waals surface area contributed by atoms with Crippen LogP contribution in [0.1, 0.15) is 50.4 Å². The molecule has 0 saturated carbocycles. The Labute approximate surface area is 155 Å². The highest BCUT2D eigenvalue weighted by Gasteiger charge is 2.27. The number of ether oxygens (including phenoxy) is 2. The van der Waals surface area contributed by atoms with E-state index >= 15 is 0 Å². The number of hydrogen-bond donors (Lipinski definition) is 1. The van der Waals surface area contributed by atoms with Crippen molar-refractivity contribution in [3.63, 3.8) is 0 Å². The van der Waals surface area contributed by atoms with Gasteiger partial charge in [-0.25, -0.2) is 0 Å². The Morgan fingerprint density at radius 3 is 2.80 bits per heavy atom. The minimum Gasteiger partial charge on any atom is -0.490 e. The summed E-state index contributed by atoms with van der Waals surface area (Å²) in [5.74, 6) is 1.34. The minimum absolute atomic E-state index is 0.0322. The number of piperidine rings is 1. The number of rotatable bonds is 7. The molecule has 25 heavy (non-hydrogen) atoms. The molecule has 140 valence electrons. The van der Waals surface area contributed by atoms with E-state index in [1.54, 1.807) is 12.1 Å². The zero-order valence-electron chi connectivity index (χ0n) is 15.4. The van der Waals surface area contributed by atoms with Gasteiger partial charge in [-0.2, -0.15) is 0 Å². The fourth-order valence-corrected chi connectivity index (χ4v) is 3.37. The monoisotopic (exact) mass is 368 g/mol. The molecule has 0 aliphatic carbocycles. The molecule has 0 spiro atoms. The second-order valence-corrected chi connectivity index (χ2v) is 6.99. The van der Waals surface area contributed by atoms with Crippen LogP contribution in [0.15, 0.2) is 12.1 Å². The van der Waals surface area contributed by atoms with Crippen LogP contribution in [0.2, 0.25) is 5.02 Å². The highest BCUT2D eigenvalue weighted by Crippen LogP contribution is 2.37. The zero-order chi connectivity index (χ0) is 18.4. The van der Waals surface area contributed by atoms with Crippen LogP contribution in [0, 0.1) is 5.92 Å². The lowest BCUT2D eigenvalue weighted by molar-refractivity contribution is 0.0660. The number of benzene rings is 1. The SMILES string of the molecule is CCCOc1c(Cl)cc(C(=O)N2CCCC(C(C)N)C2)cc1OCC. The van der Waals surface area contributed by atoms with Crippen molar-refractivity contribution in [1.29, 1.82) is 0 Å². The van der Waals surface area contributed by atoms with Crippen LogP contribution in [0.5, 0.6) is 11.5 Å². The molecule has 1 heterocycles. The van der Waals surface area contributed by atoms with Gasteiger partial charge in [0, 0.05) is 24.7 Å². The van der Waals surface area contributed by atoms with Crippen LogP contribution < -0.4 is 15.2 Å². The van der Waals surface area contributed by atoms with Gasteiger partial charge in [0.05, 0.1) is 18.2 Å². The van der Waals surface area contributed by atoms with E-state index in [1.807, 2.05) is 25.7 Å². The Kier molecular flexibility index (Phi) is 7.38. The third kappa shape index (κ3) is 5.02. The van der Waals surface area contributed by atoms with Crippen molar-refractivity contribution in [2.24, 2.45) is 11.7 Å². The Hall–Kier alpha value is -1.46. The van der Waals surface area contributed by atoms with E-state index in [1.165, 1.54) is 0 Å². The summed E-state index contributed by atoms with van der Waals surface area (Å²) in [4.78, 5) is 14.8. The minimum atomic E-state index is -0.0322. The van der Waals surface area contributed by atoms with Crippen LogP contribution in [0.25, 0.3) is 0 Å². The molecule has 1 aliphatic rings. The van der Waals surface area contributed by atoms with E-state index in [4.69, 9.17) is 26.8 Å². The highest BCUT2D eigenvalue weighted by atomic mass is 35.5. The maximum Gasteiger partial charge on any atom is 0.254 e. The Bertz CT molecular complexity index is 592. The van der Waals surface area contributed by atoms with Gasteiger partial charge in [0.2, 0.25) is 0 Å². The van der Waals surface area contributed by atoms with Crippen molar-refractivity contribution >= 4 is 17.5 Å². The molecule has 1 aromatic rings. The third-order valence-corrected chi connectivity index (χ3v) is 4.78. The first-order valence-electron chi connectivity index (χ1n) is 9.11. The van der Waals surface area contributed by atoms with Gasteiger partial charge in [-0.1, -0.05) is 18.5 Å². The van der Waals surface area contributed by atoms with Crippen molar-refractivity contribution < 1.29 is 14.3 Å². The van der Waals surface area contributed by atoms with E-state index < -0.39 is 0 Å². The topological polar surface area (TPSA) is 64.8 Å². The summed E-state index contributed by atoms with van der Waals surface area (Å²) in [6, 6.07) is 3.49. The van der Waals surface area contributed by atoms with E-state index in [0.29, 0.717) is 47.8 Å². The van der Waals surface area contributed by atoms with Crippen molar-refractivity contribution in [1.82, 2.24) is 4.90 Å². The lowest BCUT2D eigenvalue weighted by Gasteiger charge is -2.34. The van der Waals surface area contributed by atoms with E-state index in [0.717, 1.165) is 25.8 Å². The summed E-state index contributed by atoms with van der Waals surface area (Å²) in [7, 11) is 0. The fourth-order valence-electron chi connectivity index (χ4n) is 3.10. The Balaban J connectivity index is 2.24. The number of nitrogens with zero attached hydrogens (tertiary/aromatic N) is 1.